The van der Waals surface area contributed by atoms with Gasteiger partial charge in [-0.25, -0.2) is 8.78 Å². The first-order chi connectivity index (χ1) is 9.43. The van der Waals surface area contributed by atoms with Crippen LogP contribution in [0.5, 0.6) is 5.75 Å². The Hall–Kier alpha value is -0.840. The molecule has 2 rings (SSSR count). The molecule has 0 aromatic heterocycles. The van der Waals surface area contributed by atoms with E-state index in [1.54, 1.807) is 12.1 Å². The minimum atomic E-state index is -1.04. The van der Waals surface area contributed by atoms with E-state index < -0.39 is 17.0 Å². The normalized spacial score (nSPS) is 12.3. The van der Waals surface area contributed by atoms with E-state index in [4.69, 9.17) is 27.9 Å². The molecule has 0 spiro atoms. The van der Waals surface area contributed by atoms with E-state index in [0.717, 1.165) is 12.1 Å². The lowest BCUT2D eigenvalue weighted by molar-refractivity contribution is 0.409. The number of benzene rings is 2. The monoisotopic (exact) mass is 380 g/mol. The quantitative estimate of drug-likeness (QED) is 0.618. The predicted octanol–water partition coefficient (Wildman–Crippen LogP) is 5.72. The Kier molecular flexibility index (Phi) is 4.89. The van der Waals surface area contributed by atoms with Crippen LogP contribution in [0.25, 0.3) is 0 Å². The average molecular weight is 382 g/mol. The van der Waals surface area contributed by atoms with Crippen molar-refractivity contribution in [3.63, 3.8) is 0 Å². The van der Waals surface area contributed by atoms with Gasteiger partial charge in [-0.15, -0.1) is 11.6 Å². The Bertz CT molecular complexity index is 626. The number of methoxy groups -OCH3 is 1. The molecule has 1 unspecified atom stereocenters. The Morgan fingerprint density at radius 3 is 2.30 bits per heavy atom. The molecule has 0 heterocycles. The molecule has 0 radical (unpaired) electrons. The first-order valence-electron chi connectivity index (χ1n) is 5.56. The molecular formula is C14H9BrCl2F2O. The van der Waals surface area contributed by atoms with E-state index in [1.165, 1.54) is 13.2 Å². The second-order valence-electron chi connectivity index (χ2n) is 4.03. The van der Waals surface area contributed by atoms with E-state index in [2.05, 4.69) is 15.9 Å². The van der Waals surface area contributed by atoms with Gasteiger partial charge >= 0.3 is 0 Å². The van der Waals surface area contributed by atoms with Gasteiger partial charge in [0.2, 0.25) is 0 Å². The van der Waals surface area contributed by atoms with Gasteiger partial charge in [0.25, 0.3) is 0 Å². The van der Waals surface area contributed by atoms with Crippen molar-refractivity contribution >= 4 is 39.1 Å². The standard InChI is InChI=1S/C14H9BrCl2F2O/c1-20-12-3-2-8(16)6-9(12)14(17)13-10(18)4-7(15)5-11(13)19/h2-6,14H,1H3. The lowest BCUT2D eigenvalue weighted by Crippen LogP contribution is -2.03. The summed E-state index contributed by atoms with van der Waals surface area (Å²) in [6.07, 6.45) is 0. The Balaban J connectivity index is 2.57. The number of hydrogen-bond donors (Lipinski definition) is 0. The number of hydrogen-bond acceptors (Lipinski definition) is 1. The van der Waals surface area contributed by atoms with Crippen LogP contribution in [-0.4, -0.2) is 7.11 Å². The zero-order valence-electron chi connectivity index (χ0n) is 10.3. The maximum Gasteiger partial charge on any atom is 0.132 e. The fourth-order valence-corrected chi connectivity index (χ4v) is 2.82. The molecule has 1 atom stereocenters. The van der Waals surface area contributed by atoms with E-state index in [0.29, 0.717) is 20.8 Å². The summed E-state index contributed by atoms with van der Waals surface area (Å²) in [7, 11) is 1.45. The summed E-state index contributed by atoms with van der Waals surface area (Å²) >= 11 is 15.1. The van der Waals surface area contributed by atoms with Crippen LogP contribution in [0.4, 0.5) is 8.78 Å². The van der Waals surface area contributed by atoms with Gasteiger partial charge in [-0.2, -0.15) is 0 Å². The lowest BCUT2D eigenvalue weighted by atomic mass is 10.0. The van der Waals surface area contributed by atoms with Crippen molar-refractivity contribution < 1.29 is 13.5 Å². The lowest BCUT2D eigenvalue weighted by Gasteiger charge is -2.16. The number of ether oxygens (including phenoxy) is 1. The topological polar surface area (TPSA) is 9.23 Å². The fraction of sp³-hybridized carbons (Fsp3) is 0.143. The maximum atomic E-state index is 14.0. The van der Waals surface area contributed by atoms with Crippen LogP contribution in [0.1, 0.15) is 16.5 Å². The minimum absolute atomic E-state index is 0.240. The Morgan fingerprint density at radius 1 is 1.15 bits per heavy atom. The molecule has 0 saturated carbocycles. The van der Waals surface area contributed by atoms with Gasteiger partial charge in [0.1, 0.15) is 17.4 Å². The Labute approximate surface area is 133 Å². The summed E-state index contributed by atoms with van der Waals surface area (Å²) in [6, 6.07) is 7.05. The number of rotatable bonds is 3. The van der Waals surface area contributed by atoms with E-state index in [-0.39, 0.29) is 5.56 Å². The van der Waals surface area contributed by atoms with E-state index in [1.807, 2.05) is 0 Å². The molecule has 0 N–H and O–H groups in total. The summed E-state index contributed by atoms with van der Waals surface area (Å²) in [5.74, 6) is -1.06. The molecule has 106 valence electrons. The third kappa shape index (κ3) is 3.08. The molecule has 0 saturated heterocycles. The van der Waals surface area contributed by atoms with Gasteiger partial charge in [0.15, 0.2) is 0 Å². The van der Waals surface area contributed by atoms with Crippen LogP contribution in [0.15, 0.2) is 34.8 Å². The smallest absolute Gasteiger partial charge is 0.132 e. The van der Waals surface area contributed by atoms with Gasteiger partial charge in [0.05, 0.1) is 12.5 Å². The highest BCUT2D eigenvalue weighted by molar-refractivity contribution is 9.10. The first-order valence-corrected chi connectivity index (χ1v) is 7.16. The first kappa shape index (κ1) is 15.5. The molecule has 0 aliphatic carbocycles. The van der Waals surface area contributed by atoms with Crippen LogP contribution in [0.2, 0.25) is 5.02 Å². The molecule has 6 heteroatoms. The molecule has 2 aromatic carbocycles. The highest BCUT2D eigenvalue weighted by Gasteiger charge is 2.23. The summed E-state index contributed by atoms with van der Waals surface area (Å²) < 4.78 is 33.4. The summed E-state index contributed by atoms with van der Waals surface area (Å²) in [5.41, 5.74) is 0.164. The van der Waals surface area contributed by atoms with Gasteiger partial charge in [-0.3, -0.25) is 0 Å². The highest BCUT2D eigenvalue weighted by Crippen LogP contribution is 2.39. The van der Waals surface area contributed by atoms with Crippen molar-refractivity contribution in [1.29, 1.82) is 0 Å². The van der Waals surface area contributed by atoms with Gasteiger partial charge < -0.3 is 4.74 Å². The molecule has 0 aliphatic heterocycles. The van der Waals surface area contributed by atoms with Crippen LogP contribution < -0.4 is 4.74 Å². The zero-order chi connectivity index (χ0) is 14.9. The van der Waals surface area contributed by atoms with Crippen LogP contribution in [0.3, 0.4) is 0 Å². The zero-order valence-corrected chi connectivity index (χ0v) is 13.4. The van der Waals surface area contributed by atoms with Crippen LogP contribution in [-0.2, 0) is 0 Å². The second-order valence-corrected chi connectivity index (χ2v) is 5.82. The van der Waals surface area contributed by atoms with Crippen molar-refractivity contribution in [2.45, 2.75) is 5.38 Å². The second kappa shape index (κ2) is 6.29. The van der Waals surface area contributed by atoms with Crippen molar-refractivity contribution in [3.8, 4) is 5.75 Å². The molecule has 0 fully saturated rings. The molecular weight excluding hydrogens is 373 g/mol. The van der Waals surface area contributed by atoms with E-state index >= 15 is 0 Å². The van der Waals surface area contributed by atoms with Gasteiger partial charge in [-0.05, 0) is 30.3 Å². The summed E-state index contributed by atoms with van der Waals surface area (Å²) in [4.78, 5) is 0. The van der Waals surface area contributed by atoms with Gasteiger partial charge in [-0.1, -0.05) is 27.5 Å². The van der Waals surface area contributed by atoms with Gasteiger partial charge in [0, 0.05) is 20.6 Å². The molecule has 2 aromatic rings. The summed E-state index contributed by atoms with van der Waals surface area (Å²) in [6.45, 7) is 0. The molecule has 20 heavy (non-hydrogen) atoms. The average Bonchev–Trinajstić information content (AvgIpc) is 2.37. The summed E-state index contributed by atoms with van der Waals surface area (Å²) in [5, 5.41) is -0.638. The van der Waals surface area contributed by atoms with E-state index in [9.17, 15) is 8.78 Å². The molecule has 1 nitrogen and oxygen atoms in total. The van der Waals surface area contributed by atoms with Crippen molar-refractivity contribution in [1.82, 2.24) is 0 Å². The Morgan fingerprint density at radius 2 is 1.75 bits per heavy atom. The SMILES string of the molecule is COc1ccc(Cl)cc1C(Cl)c1c(F)cc(Br)cc1F. The van der Waals surface area contributed by atoms with Crippen molar-refractivity contribution in [3.05, 3.63) is 62.6 Å². The van der Waals surface area contributed by atoms with Crippen LogP contribution in [0, 0.1) is 11.6 Å². The predicted molar refractivity (Wildman–Crippen MR) is 79.8 cm³/mol. The number of halogens is 5. The minimum Gasteiger partial charge on any atom is -0.496 e. The van der Waals surface area contributed by atoms with Crippen molar-refractivity contribution in [2.24, 2.45) is 0 Å². The fourth-order valence-electron chi connectivity index (χ4n) is 1.85. The third-order valence-corrected chi connectivity index (χ3v) is 3.91. The number of alkyl halides is 1. The molecule has 0 aliphatic rings. The highest BCUT2D eigenvalue weighted by atomic mass is 79.9. The molecule has 0 amide bonds. The molecule has 0 bridgehead atoms. The van der Waals surface area contributed by atoms with Crippen molar-refractivity contribution in [2.75, 3.05) is 7.11 Å². The van der Waals surface area contributed by atoms with Crippen LogP contribution >= 0.6 is 39.1 Å². The third-order valence-electron chi connectivity index (χ3n) is 2.76. The maximum absolute atomic E-state index is 14.0. The largest absolute Gasteiger partial charge is 0.496 e.